The van der Waals surface area contributed by atoms with Gasteiger partial charge in [-0.1, -0.05) is 12.1 Å². The van der Waals surface area contributed by atoms with Crippen molar-refractivity contribution >= 4 is 5.97 Å². The minimum absolute atomic E-state index is 0.0422. The van der Waals surface area contributed by atoms with Crippen molar-refractivity contribution in [3.05, 3.63) is 29.8 Å². The molecule has 0 amide bonds. The van der Waals surface area contributed by atoms with Gasteiger partial charge in [0.2, 0.25) is 0 Å². The number of rotatable bonds is 4. The fourth-order valence-electron chi connectivity index (χ4n) is 1.20. The number of benzene rings is 1. The van der Waals surface area contributed by atoms with Crippen molar-refractivity contribution < 1.29 is 14.3 Å². The minimum atomic E-state index is -0.339. The molecule has 0 atom stereocenters. The van der Waals surface area contributed by atoms with Crippen LogP contribution in [0.25, 0.3) is 0 Å². The van der Waals surface area contributed by atoms with Crippen molar-refractivity contribution in [3.8, 4) is 5.75 Å². The number of carbonyl (C=O) groups excluding carboxylic acids is 1. The lowest BCUT2D eigenvalue weighted by atomic mass is 10.2. The third-order valence-corrected chi connectivity index (χ3v) is 1.75. The molecule has 0 spiro atoms. The van der Waals surface area contributed by atoms with Crippen LogP contribution in [0.15, 0.2) is 24.3 Å². The molecule has 3 heteroatoms. The van der Waals surface area contributed by atoms with Crippen LogP contribution in [0.1, 0.15) is 31.1 Å². The first-order valence-corrected chi connectivity index (χ1v) is 5.08. The summed E-state index contributed by atoms with van der Waals surface area (Å²) >= 11 is 0. The highest BCUT2D eigenvalue weighted by molar-refractivity contribution is 5.92. The van der Waals surface area contributed by atoms with Crippen LogP contribution in [0, 0.1) is 0 Å². The molecular formula is C12H16O3. The highest BCUT2D eigenvalue weighted by atomic mass is 16.5. The molecule has 0 bridgehead atoms. The summed E-state index contributed by atoms with van der Waals surface area (Å²) < 4.78 is 10.4. The second-order valence-electron chi connectivity index (χ2n) is 3.38. The van der Waals surface area contributed by atoms with Crippen molar-refractivity contribution in [1.29, 1.82) is 0 Å². The Labute approximate surface area is 90.0 Å². The molecule has 0 aliphatic heterocycles. The molecule has 0 heterocycles. The molecule has 0 radical (unpaired) electrons. The Kier molecular flexibility index (Phi) is 4.16. The van der Waals surface area contributed by atoms with E-state index in [4.69, 9.17) is 9.47 Å². The van der Waals surface area contributed by atoms with Crippen LogP contribution in [0.3, 0.4) is 0 Å². The van der Waals surface area contributed by atoms with Gasteiger partial charge in [0.25, 0.3) is 0 Å². The number of ether oxygens (including phenoxy) is 2. The van der Waals surface area contributed by atoms with Crippen LogP contribution in [-0.2, 0) is 4.74 Å². The summed E-state index contributed by atoms with van der Waals surface area (Å²) in [6.07, 6.45) is 0.0422. The van der Waals surface area contributed by atoms with E-state index in [-0.39, 0.29) is 12.1 Å². The van der Waals surface area contributed by atoms with E-state index >= 15 is 0 Å². The Bertz CT molecular complexity index is 331. The molecule has 0 aromatic heterocycles. The molecule has 0 aliphatic rings. The molecule has 1 aromatic carbocycles. The van der Waals surface area contributed by atoms with Gasteiger partial charge in [0.1, 0.15) is 11.3 Å². The van der Waals surface area contributed by atoms with Gasteiger partial charge in [0.15, 0.2) is 0 Å². The van der Waals surface area contributed by atoms with Gasteiger partial charge in [-0.05, 0) is 32.9 Å². The summed E-state index contributed by atoms with van der Waals surface area (Å²) in [5.74, 6) is 0.236. The van der Waals surface area contributed by atoms with Crippen molar-refractivity contribution in [2.24, 2.45) is 0 Å². The summed E-state index contributed by atoms with van der Waals surface area (Å²) in [7, 11) is 0. The standard InChI is InChI=1S/C12H16O3/c1-4-14-12(13)10-7-5-6-8-11(10)15-9(2)3/h5-9H,4H2,1-3H3. The Morgan fingerprint density at radius 2 is 2.00 bits per heavy atom. The van der Waals surface area contributed by atoms with Crippen LogP contribution in [0.2, 0.25) is 0 Å². The molecule has 3 nitrogen and oxygen atoms in total. The molecule has 0 fully saturated rings. The quantitative estimate of drug-likeness (QED) is 0.713. The highest BCUT2D eigenvalue weighted by Gasteiger charge is 2.13. The van der Waals surface area contributed by atoms with E-state index in [1.807, 2.05) is 19.9 Å². The normalized spacial score (nSPS) is 10.1. The van der Waals surface area contributed by atoms with Crippen LogP contribution < -0.4 is 4.74 Å². The largest absolute Gasteiger partial charge is 0.490 e. The predicted molar refractivity (Wildman–Crippen MR) is 58.2 cm³/mol. The zero-order valence-corrected chi connectivity index (χ0v) is 9.32. The monoisotopic (exact) mass is 208 g/mol. The first-order valence-electron chi connectivity index (χ1n) is 5.08. The summed E-state index contributed by atoms with van der Waals surface area (Å²) in [5, 5.41) is 0. The zero-order chi connectivity index (χ0) is 11.3. The highest BCUT2D eigenvalue weighted by Crippen LogP contribution is 2.20. The lowest BCUT2D eigenvalue weighted by molar-refractivity contribution is 0.0520. The van der Waals surface area contributed by atoms with Crippen molar-refractivity contribution in [1.82, 2.24) is 0 Å². The second kappa shape index (κ2) is 5.39. The maximum absolute atomic E-state index is 11.5. The molecular weight excluding hydrogens is 192 g/mol. The van der Waals surface area contributed by atoms with Crippen LogP contribution in [0.4, 0.5) is 0 Å². The molecule has 0 aliphatic carbocycles. The summed E-state index contributed by atoms with van der Waals surface area (Å²) in [4.78, 5) is 11.5. The van der Waals surface area contributed by atoms with Gasteiger partial charge in [0.05, 0.1) is 12.7 Å². The van der Waals surface area contributed by atoms with Gasteiger partial charge in [-0.15, -0.1) is 0 Å². The van der Waals surface area contributed by atoms with Gasteiger partial charge < -0.3 is 9.47 Å². The Balaban J connectivity index is 2.90. The number of para-hydroxylation sites is 1. The first kappa shape index (κ1) is 11.6. The smallest absolute Gasteiger partial charge is 0.341 e. The molecule has 0 unspecified atom stereocenters. The number of esters is 1. The third kappa shape index (κ3) is 3.27. The van der Waals surface area contributed by atoms with E-state index in [2.05, 4.69) is 0 Å². The minimum Gasteiger partial charge on any atom is -0.490 e. The second-order valence-corrected chi connectivity index (χ2v) is 3.38. The number of carbonyl (C=O) groups is 1. The number of hydrogen-bond donors (Lipinski definition) is 0. The van der Waals surface area contributed by atoms with E-state index in [9.17, 15) is 4.79 Å². The predicted octanol–water partition coefficient (Wildman–Crippen LogP) is 2.65. The van der Waals surface area contributed by atoms with Crippen molar-refractivity contribution in [3.63, 3.8) is 0 Å². The van der Waals surface area contributed by atoms with E-state index in [1.54, 1.807) is 25.1 Å². The third-order valence-electron chi connectivity index (χ3n) is 1.75. The van der Waals surface area contributed by atoms with Crippen LogP contribution in [0.5, 0.6) is 5.75 Å². The van der Waals surface area contributed by atoms with Crippen LogP contribution >= 0.6 is 0 Å². The summed E-state index contributed by atoms with van der Waals surface area (Å²) in [6, 6.07) is 7.10. The van der Waals surface area contributed by atoms with E-state index in [0.717, 1.165) is 0 Å². The van der Waals surface area contributed by atoms with Gasteiger partial charge >= 0.3 is 5.97 Å². The first-order chi connectivity index (χ1) is 7.15. The van der Waals surface area contributed by atoms with Gasteiger partial charge in [-0.25, -0.2) is 4.79 Å². The van der Waals surface area contributed by atoms with Crippen molar-refractivity contribution in [2.75, 3.05) is 6.61 Å². The fraction of sp³-hybridized carbons (Fsp3) is 0.417. The van der Waals surface area contributed by atoms with Crippen LogP contribution in [-0.4, -0.2) is 18.7 Å². The molecule has 15 heavy (non-hydrogen) atoms. The maximum Gasteiger partial charge on any atom is 0.341 e. The van der Waals surface area contributed by atoms with E-state index in [1.165, 1.54) is 0 Å². The topological polar surface area (TPSA) is 35.5 Å². The molecule has 0 saturated carbocycles. The molecule has 82 valence electrons. The van der Waals surface area contributed by atoms with E-state index in [0.29, 0.717) is 17.9 Å². The van der Waals surface area contributed by atoms with Gasteiger partial charge in [0, 0.05) is 0 Å². The molecule has 0 N–H and O–H groups in total. The van der Waals surface area contributed by atoms with Crippen molar-refractivity contribution in [2.45, 2.75) is 26.9 Å². The summed E-state index contributed by atoms with van der Waals surface area (Å²) in [5.41, 5.74) is 0.480. The molecule has 1 rings (SSSR count). The SMILES string of the molecule is CCOC(=O)c1ccccc1OC(C)C. The van der Waals surface area contributed by atoms with Gasteiger partial charge in [-0.2, -0.15) is 0 Å². The average molecular weight is 208 g/mol. The number of hydrogen-bond acceptors (Lipinski definition) is 3. The molecule has 0 saturated heterocycles. The summed E-state index contributed by atoms with van der Waals surface area (Å²) in [6.45, 7) is 5.99. The Hall–Kier alpha value is -1.51. The maximum atomic E-state index is 11.5. The average Bonchev–Trinajstić information content (AvgIpc) is 2.18. The van der Waals surface area contributed by atoms with Gasteiger partial charge in [-0.3, -0.25) is 0 Å². The Morgan fingerprint density at radius 3 is 2.60 bits per heavy atom. The molecule has 1 aromatic rings. The lowest BCUT2D eigenvalue weighted by Crippen LogP contribution is -2.11. The fourth-order valence-corrected chi connectivity index (χ4v) is 1.20. The van der Waals surface area contributed by atoms with E-state index < -0.39 is 0 Å². The Morgan fingerprint density at radius 1 is 1.33 bits per heavy atom. The zero-order valence-electron chi connectivity index (χ0n) is 9.32. The lowest BCUT2D eigenvalue weighted by Gasteiger charge is -2.12.